The van der Waals surface area contributed by atoms with Crippen molar-refractivity contribution in [1.82, 2.24) is 0 Å². The fourth-order valence-electron chi connectivity index (χ4n) is 8.77. The molecule has 2 aliphatic carbocycles. The average molecular weight is 710 g/mol. The predicted molar refractivity (Wildman–Crippen MR) is 204 cm³/mol. The van der Waals surface area contributed by atoms with Gasteiger partial charge in [-0.05, 0) is 0 Å². The first kappa shape index (κ1) is 30.0. The van der Waals surface area contributed by atoms with Gasteiger partial charge in [-0.2, -0.15) is 0 Å². The van der Waals surface area contributed by atoms with E-state index in [1.807, 2.05) is 0 Å². The van der Waals surface area contributed by atoms with Crippen molar-refractivity contribution < 1.29 is 20.4 Å². The molecule has 7 aromatic carbocycles. The van der Waals surface area contributed by atoms with E-state index in [0.717, 1.165) is 0 Å². The van der Waals surface area contributed by atoms with Gasteiger partial charge in [0.25, 0.3) is 0 Å². The maximum absolute atomic E-state index is 2.73. The Morgan fingerprint density at radius 1 is 0.500 bits per heavy atom. The summed E-state index contributed by atoms with van der Waals surface area (Å²) in [6.45, 7) is 9.61. The van der Waals surface area contributed by atoms with Gasteiger partial charge in [-0.3, -0.25) is 0 Å². The Hall–Kier alpha value is -4.10. The van der Waals surface area contributed by atoms with E-state index in [1.54, 1.807) is 21.9 Å². The van der Waals surface area contributed by atoms with Crippen LogP contribution in [0.2, 0.25) is 6.55 Å². The van der Waals surface area contributed by atoms with Crippen molar-refractivity contribution in [2.75, 3.05) is 0 Å². The third-order valence-electron chi connectivity index (χ3n) is 10.9. The molecule has 0 radical (unpaired) electrons. The Morgan fingerprint density at radius 3 is 1.83 bits per heavy atom. The summed E-state index contributed by atoms with van der Waals surface area (Å²) in [5, 5.41) is 6.92. The first-order valence-corrected chi connectivity index (χ1v) is 25.7. The summed E-state index contributed by atoms with van der Waals surface area (Å²) in [7, 11) is 0. The molecule has 0 nitrogen and oxygen atoms in total. The van der Waals surface area contributed by atoms with E-state index in [9.17, 15) is 0 Å². The molecule has 0 N–H and O–H groups in total. The summed E-state index contributed by atoms with van der Waals surface area (Å²) in [4.78, 5) is 0. The molecule has 1 unspecified atom stereocenters. The standard InChI is InChI=1S/C24H17.C15H13.C7H8Si.Zr/c1-16-13-14-17-8-6-12-22(24(16)17)23-15-18-7-2-3-9-19(18)20-10-4-5-11-21(20)23;1-10-3-5-14-12(7-10)9-13-8-11(2)4-6-15(13)14;1-8-7-5-3-2-4-6-7;/h2-15H,1H3;3-9H,1-2H3;2-6H,1H3;. The molecule has 0 saturated heterocycles. The molecular weight excluding hydrogens is 672 g/mol. The third-order valence-corrected chi connectivity index (χ3v) is 30.9. The Morgan fingerprint density at radius 2 is 1.12 bits per heavy atom. The van der Waals surface area contributed by atoms with Gasteiger partial charge in [-0.1, -0.05) is 0 Å². The van der Waals surface area contributed by atoms with Crippen molar-refractivity contribution in [3.05, 3.63) is 179 Å². The Bertz CT molecular complexity index is 2450. The molecule has 2 aliphatic rings. The van der Waals surface area contributed by atoms with Gasteiger partial charge in [0.1, 0.15) is 0 Å². The number of rotatable bonds is 4. The molecule has 0 heterocycles. The van der Waals surface area contributed by atoms with Crippen LogP contribution >= 0.6 is 0 Å². The second kappa shape index (κ2) is 11.8. The summed E-state index contributed by atoms with van der Waals surface area (Å²) in [5.41, 5.74) is 15.3. The van der Waals surface area contributed by atoms with Crippen LogP contribution < -0.4 is 5.19 Å². The monoisotopic (exact) mass is 708 g/mol. The first-order valence-electron chi connectivity index (χ1n) is 17.2. The molecule has 48 heavy (non-hydrogen) atoms. The molecule has 0 spiro atoms. The van der Waals surface area contributed by atoms with Crippen LogP contribution in [0.5, 0.6) is 0 Å². The summed E-state index contributed by atoms with van der Waals surface area (Å²) in [6, 6.07) is 53.7. The van der Waals surface area contributed by atoms with E-state index in [0.29, 0.717) is 7.25 Å². The van der Waals surface area contributed by atoms with Gasteiger partial charge in [0, 0.05) is 0 Å². The van der Waals surface area contributed by atoms with Gasteiger partial charge < -0.3 is 0 Å². The summed E-state index contributed by atoms with van der Waals surface area (Å²) >= 11 is -2.49. The fourth-order valence-corrected chi connectivity index (χ4v) is 30.4. The van der Waals surface area contributed by atoms with E-state index < -0.39 is 25.8 Å². The molecule has 7 aromatic rings. The second-order valence-electron chi connectivity index (χ2n) is 13.8. The number of hydrogen-bond acceptors (Lipinski definition) is 0. The van der Waals surface area contributed by atoms with Crippen LogP contribution in [0.1, 0.15) is 47.6 Å². The zero-order valence-corrected chi connectivity index (χ0v) is 31.5. The number of hydrogen-bond donors (Lipinski definition) is 0. The molecule has 0 aliphatic heterocycles. The minimum atomic E-state index is -2.49. The van der Waals surface area contributed by atoms with Gasteiger partial charge in [-0.15, -0.1) is 0 Å². The molecule has 9 rings (SSSR count). The topological polar surface area (TPSA) is 0 Å². The molecule has 2 heteroatoms. The van der Waals surface area contributed by atoms with Crippen molar-refractivity contribution in [3.63, 3.8) is 0 Å². The SMILES string of the molecule is CC1=C[CH](/[Zr]([CH]2c3cc(C)ccc3-c3ccc(C)cc32)=[Si](\C)c2ccccc2)c2cccc(-c3cc4ccccc4c4ccccc34)c21. The van der Waals surface area contributed by atoms with Crippen LogP contribution in [0.15, 0.2) is 146 Å². The molecule has 0 saturated carbocycles. The van der Waals surface area contributed by atoms with Crippen molar-refractivity contribution in [2.24, 2.45) is 0 Å². The summed E-state index contributed by atoms with van der Waals surface area (Å²) in [5.74, 6) is 0. The third kappa shape index (κ3) is 4.72. The van der Waals surface area contributed by atoms with E-state index in [4.69, 9.17) is 0 Å². The van der Waals surface area contributed by atoms with Crippen LogP contribution in [-0.4, -0.2) is 5.43 Å². The zero-order valence-electron chi connectivity index (χ0n) is 28.0. The van der Waals surface area contributed by atoms with E-state index in [2.05, 4.69) is 173 Å². The minimum absolute atomic E-state index is 0.512. The van der Waals surface area contributed by atoms with E-state index in [-0.39, 0.29) is 0 Å². The van der Waals surface area contributed by atoms with Crippen LogP contribution in [0, 0.1) is 13.8 Å². The van der Waals surface area contributed by atoms with E-state index in [1.165, 1.54) is 66.1 Å². The van der Waals surface area contributed by atoms with Crippen molar-refractivity contribution in [2.45, 2.75) is 34.6 Å². The van der Waals surface area contributed by atoms with Crippen molar-refractivity contribution >= 4 is 37.7 Å². The Kier molecular flexibility index (Phi) is 7.37. The average Bonchev–Trinajstić information content (AvgIpc) is 3.62. The van der Waals surface area contributed by atoms with Gasteiger partial charge in [0.05, 0.1) is 0 Å². The van der Waals surface area contributed by atoms with Gasteiger partial charge in [0.2, 0.25) is 0 Å². The summed E-state index contributed by atoms with van der Waals surface area (Å²) < 4.78 is 1.04. The molecule has 0 amide bonds. The summed E-state index contributed by atoms with van der Waals surface area (Å²) in [6.07, 6.45) is 2.73. The van der Waals surface area contributed by atoms with Crippen LogP contribution in [0.25, 0.3) is 49.4 Å². The second-order valence-corrected chi connectivity index (χ2v) is 29.8. The van der Waals surface area contributed by atoms with Crippen LogP contribution in [0.3, 0.4) is 0 Å². The normalized spacial score (nSPS) is 15.7. The van der Waals surface area contributed by atoms with Crippen molar-refractivity contribution in [3.8, 4) is 22.3 Å². The quantitative estimate of drug-likeness (QED) is 0.126. The Labute approximate surface area is 292 Å². The molecule has 1 atom stereocenters. The number of allylic oxidation sites excluding steroid dienone is 2. The van der Waals surface area contributed by atoms with E-state index >= 15 is 0 Å². The number of aryl methyl sites for hydroxylation is 2. The molecular formula is C46H38SiZr. The zero-order chi connectivity index (χ0) is 32.5. The number of benzene rings is 7. The van der Waals surface area contributed by atoms with Gasteiger partial charge in [-0.25, -0.2) is 0 Å². The van der Waals surface area contributed by atoms with Crippen LogP contribution in [0.4, 0.5) is 0 Å². The first-order chi connectivity index (χ1) is 23.5. The maximum atomic E-state index is 2.73. The Balaban J connectivity index is 1.31. The predicted octanol–water partition coefficient (Wildman–Crippen LogP) is 11.7. The fraction of sp³-hybridized carbons (Fsp3) is 0.130. The van der Waals surface area contributed by atoms with Gasteiger partial charge >= 0.3 is 294 Å². The number of fused-ring (bicyclic) bond motifs is 7. The molecule has 0 fully saturated rings. The van der Waals surface area contributed by atoms with Crippen LogP contribution in [-0.2, 0) is 20.4 Å². The molecule has 0 aromatic heterocycles. The molecule has 0 bridgehead atoms. The van der Waals surface area contributed by atoms with Gasteiger partial charge in [0.15, 0.2) is 0 Å². The molecule has 230 valence electrons. The van der Waals surface area contributed by atoms with Crippen molar-refractivity contribution in [1.29, 1.82) is 0 Å².